The van der Waals surface area contributed by atoms with Crippen LogP contribution in [0.3, 0.4) is 0 Å². The van der Waals surface area contributed by atoms with Crippen molar-refractivity contribution in [2.75, 3.05) is 0 Å². The molecule has 6 nitrogen and oxygen atoms in total. The van der Waals surface area contributed by atoms with Gasteiger partial charge >= 0.3 is 5.97 Å². The van der Waals surface area contributed by atoms with Crippen LogP contribution < -0.4 is 0 Å². The largest absolute Gasteiger partial charge is 0.481 e. The summed E-state index contributed by atoms with van der Waals surface area (Å²) in [7, 11) is 0. The number of benzene rings is 1. The second kappa shape index (κ2) is 5.48. The zero-order valence-electron chi connectivity index (χ0n) is 10.5. The van der Waals surface area contributed by atoms with E-state index in [1.54, 1.807) is 6.92 Å². The summed E-state index contributed by atoms with van der Waals surface area (Å²) in [5.41, 5.74) is 1.93. The summed E-state index contributed by atoms with van der Waals surface area (Å²) >= 11 is 3.43. The summed E-state index contributed by atoms with van der Waals surface area (Å²) in [5.74, 6) is -0.847. The van der Waals surface area contributed by atoms with Crippen LogP contribution >= 0.6 is 15.9 Å². The number of rotatable bonds is 4. The summed E-state index contributed by atoms with van der Waals surface area (Å²) in [6.45, 7) is 3.84. The zero-order chi connectivity index (χ0) is 14.0. The highest BCUT2D eigenvalue weighted by atomic mass is 79.9. The molecule has 2 rings (SSSR count). The molecule has 7 heteroatoms. The topological polar surface area (TPSA) is 80.9 Å². The summed E-state index contributed by atoms with van der Waals surface area (Å²) in [6, 6.07) is 5.84. The first kappa shape index (κ1) is 13.7. The Bertz CT molecular complexity index is 591. The minimum Gasteiger partial charge on any atom is -0.481 e. The van der Waals surface area contributed by atoms with Crippen molar-refractivity contribution in [3.8, 4) is 11.4 Å². The smallest absolute Gasteiger partial charge is 0.308 e. The molecule has 0 aliphatic heterocycles. The lowest BCUT2D eigenvalue weighted by molar-refractivity contribution is -0.141. The van der Waals surface area contributed by atoms with Gasteiger partial charge in [0.2, 0.25) is 0 Å². The van der Waals surface area contributed by atoms with E-state index in [0.717, 1.165) is 15.6 Å². The second-order valence-electron chi connectivity index (χ2n) is 4.44. The molecule has 0 bridgehead atoms. The molecule has 1 N–H and O–H groups in total. The van der Waals surface area contributed by atoms with Gasteiger partial charge in [0.1, 0.15) is 0 Å². The maximum Gasteiger partial charge on any atom is 0.308 e. The molecule has 19 heavy (non-hydrogen) atoms. The fourth-order valence-electron chi connectivity index (χ4n) is 1.74. The van der Waals surface area contributed by atoms with Crippen LogP contribution in [0.1, 0.15) is 12.5 Å². The number of hydrogen-bond acceptors (Lipinski definition) is 4. The molecule has 2 aromatic rings. The molecule has 0 spiro atoms. The van der Waals surface area contributed by atoms with Gasteiger partial charge in [-0.3, -0.25) is 4.79 Å². The number of hydrogen-bond donors (Lipinski definition) is 1. The lowest BCUT2D eigenvalue weighted by Crippen LogP contribution is -2.18. The van der Waals surface area contributed by atoms with Gasteiger partial charge in [0.05, 0.1) is 12.5 Å². The van der Waals surface area contributed by atoms with Crippen molar-refractivity contribution in [3.63, 3.8) is 0 Å². The molecule has 1 unspecified atom stereocenters. The van der Waals surface area contributed by atoms with Gasteiger partial charge in [-0.1, -0.05) is 22.9 Å². The molecule has 0 radical (unpaired) electrons. The predicted octanol–water partition coefficient (Wildman–Crippen LogP) is 2.13. The molecule has 1 heterocycles. The molecule has 0 amide bonds. The fourth-order valence-corrected chi connectivity index (χ4v) is 2.35. The molecule has 0 saturated carbocycles. The van der Waals surface area contributed by atoms with E-state index < -0.39 is 11.9 Å². The third kappa shape index (κ3) is 3.17. The first-order chi connectivity index (χ1) is 8.97. The van der Waals surface area contributed by atoms with E-state index in [0.29, 0.717) is 5.82 Å². The quantitative estimate of drug-likeness (QED) is 0.931. The van der Waals surface area contributed by atoms with Crippen molar-refractivity contribution in [2.24, 2.45) is 5.92 Å². The predicted molar refractivity (Wildman–Crippen MR) is 72.5 cm³/mol. The molecule has 1 aromatic heterocycles. The van der Waals surface area contributed by atoms with Gasteiger partial charge in [-0.05, 0) is 41.1 Å². The molecule has 100 valence electrons. The highest BCUT2D eigenvalue weighted by Gasteiger charge is 2.16. The van der Waals surface area contributed by atoms with Crippen LogP contribution in [0.15, 0.2) is 22.7 Å². The number of aromatic nitrogens is 4. The summed E-state index contributed by atoms with van der Waals surface area (Å²) < 4.78 is 2.45. The standard InChI is InChI=1S/C12H13BrN4O2/c1-7-3-9(5-10(13)4-7)11-14-15-16-17(11)6-8(2)12(18)19/h3-5,8H,6H2,1-2H3,(H,18,19). The molecule has 0 aliphatic carbocycles. The number of carboxylic acids is 1. The minimum absolute atomic E-state index is 0.239. The van der Waals surface area contributed by atoms with Crippen LogP contribution in [0.5, 0.6) is 0 Å². The third-order valence-corrected chi connectivity index (χ3v) is 3.16. The van der Waals surface area contributed by atoms with Gasteiger partial charge in [-0.15, -0.1) is 5.10 Å². The van der Waals surface area contributed by atoms with E-state index in [1.807, 2.05) is 25.1 Å². The van der Waals surface area contributed by atoms with Crippen molar-refractivity contribution in [3.05, 3.63) is 28.2 Å². The lowest BCUT2D eigenvalue weighted by Gasteiger charge is -2.08. The van der Waals surface area contributed by atoms with E-state index >= 15 is 0 Å². The van der Waals surface area contributed by atoms with E-state index in [2.05, 4.69) is 31.5 Å². The van der Waals surface area contributed by atoms with Crippen LogP contribution in [0.2, 0.25) is 0 Å². The Morgan fingerprint density at radius 2 is 2.21 bits per heavy atom. The molecular formula is C12H13BrN4O2. The number of nitrogens with zero attached hydrogens (tertiary/aromatic N) is 4. The number of aryl methyl sites for hydroxylation is 1. The average Bonchev–Trinajstić information content (AvgIpc) is 2.75. The number of halogens is 1. The van der Waals surface area contributed by atoms with Crippen LogP contribution in [-0.4, -0.2) is 31.3 Å². The van der Waals surface area contributed by atoms with Gasteiger partial charge in [0, 0.05) is 10.0 Å². The van der Waals surface area contributed by atoms with Crippen molar-refractivity contribution in [1.82, 2.24) is 20.2 Å². The Labute approximate surface area is 118 Å². The van der Waals surface area contributed by atoms with Crippen LogP contribution in [-0.2, 0) is 11.3 Å². The Morgan fingerprint density at radius 1 is 1.47 bits per heavy atom. The van der Waals surface area contributed by atoms with Crippen molar-refractivity contribution < 1.29 is 9.90 Å². The SMILES string of the molecule is Cc1cc(Br)cc(-c2nnnn2CC(C)C(=O)O)c1. The minimum atomic E-state index is -0.869. The maximum atomic E-state index is 10.9. The Hall–Kier alpha value is -1.76. The highest BCUT2D eigenvalue weighted by molar-refractivity contribution is 9.10. The van der Waals surface area contributed by atoms with Crippen LogP contribution in [0.25, 0.3) is 11.4 Å². The first-order valence-corrected chi connectivity index (χ1v) is 6.53. The molecule has 1 atom stereocenters. The monoisotopic (exact) mass is 324 g/mol. The Morgan fingerprint density at radius 3 is 2.84 bits per heavy atom. The third-order valence-electron chi connectivity index (χ3n) is 2.70. The van der Waals surface area contributed by atoms with Gasteiger partial charge in [0.25, 0.3) is 0 Å². The molecule has 0 fully saturated rings. The van der Waals surface area contributed by atoms with Gasteiger partial charge in [-0.2, -0.15) is 0 Å². The van der Waals surface area contributed by atoms with Gasteiger partial charge in [0.15, 0.2) is 5.82 Å². The normalized spacial score (nSPS) is 12.4. The van der Waals surface area contributed by atoms with Crippen molar-refractivity contribution in [1.29, 1.82) is 0 Å². The molecule has 0 aliphatic rings. The van der Waals surface area contributed by atoms with E-state index in [4.69, 9.17) is 5.11 Å². The number of carboxylic acid groups (broad SMARTS) is 1. The first-order valence-electron chi connectivity index (χ1n) is 5.74. The average molecular weight is 325 g/mol. The number of aliphatic carboxylic acids is 1. The van der Waals surface area contributed by atoms with Crippen LogP contribution in [0, 0.1) is 12.8 Å². The fraction of sp³-hybridized carbons (Fsp3) is 0.333. The summed E-state index contributed by atoms with van der Waals surface area (Å²) in [6.07, 6.45) is 0. The second-order valence-corrected chi connectivity index (χ2v) is 5.36. The molecule has 1 aromatic carbocycles. The molecule has 0 saturated heterocycles. The Kier molecular flexibility index (Phi) is 3.94. The summed E-state index contributed by atoms with van der Waals surface area (Å²) in [4.78, 5) is 10.9. The van der Waals surface area contributed by atoms with E-state index in [9.17, 15) is 4.79 Å². The van der Waals surface area contributed by atoms with Gasteiger partial charge in [-0.25, -0.2) is 4.68 Å². The lowest BCUT2D eigenvalue weighted by atomic mass is 10.1. The van der Waals surface area contributed by atoms with Gasteiger partial charge < -0.3 is 5.11 Å². The van der Waals surface area contributed by atoms with E-state index in [1.165, 1.54) is 4.68 Å². The van der Waals surface area contributed by atoms with Crippen molar-refractivity contribution >= 4 is 21.9 Å². The Balaban J connectivity index is 2.36. The van der Waals surface area contributed by atoms with Crippen molar-refractivity contribution in [2.45, 2.75) is 20.4 Å². The maximum absolute atomic E-state index is 10.9. The number of carbonyl (C=O) groups is 1. The summed E-state index contributed by atoms with van der Waals surface area (Å²) in [5, 5.41) is 20.4. The zero-order valence-corrected chi connectivity index (χ0v) is 12.1. The number of tetrazole rings is 1. The van der Waals surface area contributed by atoms with Crippen LogP contribution in [0.4, 0.5) is 0 Å². The van der Waals surface area contributed by atoms with E-state index in [-0.39, 0.29) is 6.54 Å². The molecular weight excluding hydrogens is 312 g/mol. The highest BCUT2D eigenvalue weighted by Crippen LogP contribution is 2.23.